The Morgan fingerprint density at radius 1 is 1.41 bits per heavy atom. The van der Waals surface area contributed by atoms with Gasteiger partial charge in [0.25, 0.3) is 0 Å². The van der Waals surface area contributed by atoms with E-state index in [-0.39, 0.29) is 11.4 Å². The largest absolute Gasteiger partial charge is 0.497 e. The lowest BCUT2D eigenvalue weighted by atomic mass is 10.0. The van der Waals surface area contributed by atoms with Crippen molar-refractivity contribution in [2.75, 3.05) is 13.7 Å². The van der Waals surface area contributed by atoms with Gasteiger partial charge in [-0.1, -0.05) is 12.1 Å². The Morgan fingerprint density at radius 3 is 2.53 bits per heavy atom. The van der Waals surface area contributed by atoms with E-state index in [0.29, 0.717) is 19.5 Å². The molecule has 2 rings (SSSR count). The Labute approximate surface area is 101 Å². The molecule has 1 aliphatic rings. The van der Waals surface area contributed by atoms with Gasteiger partial charge in [0.15, 0.2) is 0 Å². The van der Waals surface area contributed by atoms with Gasteiger partial charge in [-0.2, -0.15) is 0 Å². The molecule has 4 heteroatoms. The zero-order chi connectivity index (χ0) is 12.5. The van der Waals surface area contributed by atoms with Crippen molar-refractivity contribution in [2.45, 2.75) is 25.4 Å². The van der Waals surface area contributed by atoms with Gasteiger partial charge in [0.2, 0.25) is 5.91 Å². The molecule has 0 radical (unpaired) electrons. The molecule has 1 aliphatic heterocycles. The van der Waals surface area contributed by atoms with Crippen LogP contribution in [-0.2, 0) is 11.3 Å². The van der Waals surface area contributed by atoms with E-state index < -0.39 is 0 Å². The lowest BCUT2D eigenvalue weighted by Crippen LogP contribution is -2.38. The Kier molecular flexibility index (Phi) is 3.07. The monoisotopic (exact) mass is 234 g/mol. The van der Waals surface area contributed by atoms with Crippen molar-refractivity contribution in [3.05, 3.63) is 29.8 Å². The minimum Gasteiger partial charge on any atom is -0.497 e. The highest BCUT2D eigenvalue weighted by atomic mass is 16.5. The molecule has 1 atom stereocenters. The predicted molar refractivity (Wildman–Crippen MR) is 65.6 cm³/mol. The van der Waals surface area contributed by atoms with Gasteiger partial charge < -0.3 is 15.4 Å². The van der Waals surface area contributed by atoms with Crippen molar-refractivity contribution < 1.29 is 9.53 Å². The minimum atomic E-state index is -0.385. The van der Waals surface area contributed by atoms with Crippen LogP contribution in [0.15, 0.2) is 24.3 Å². The predicted octanol–water partition coefficient (Wildman–Crippen LogP) is 1.14. The molecule has 1 aromatic carbocycles. The maximum Gasteiger partial charge on any atom is 0.224 e. The normalized spacial score (nSPS) is 24.2. The molecule has 1 aromatic rings. The van der Waals surface area contributed by atoms with Crippen molar-refractivity contribution in [1.29, 1.82) is 0 Å². The molecule has 1 unspecified atom stereocenters. The second kappa shape index (κ2) is 4.37. The number of carbonyl (C=O) groups is 1. The van der Waals surface area contributed by atoms with E-state index in [0.717, 1.165) is 11.3 Å². The van der Waals surface area contributed by atoms with Gasteiger partial charge in [0.05, 0.1) is 7.11 Å². The quantitative estimate of drug-likeness (QED) is 0.853. The van der Waals surface area contributed by atoms with Crippen LogP contribution in [-0.4, -0.2) is 30.0 Å². The van der Waals surface area contributed by atoms with Gasteiger partial charge in [0, 0.05) is 25.0 Å². The van der Waals surface area contributed by atoms with Gasteiger partial charge in [-0.25, -0.2) is 0 Å². The molecule has 0 bridgehead atoms. The molecular formula is C13H18N2O2. The molecule has 1 heterocycles. The van der Waals surface area contributed by atoms with Crippen LogP contribution in [0.1, 0.15) is 18.9 Å². The van der Waals surface area contributed by atoms with Gasteiger partial charge in [-0.15, -0.1) is 0 Å². The summed E-state index contributed by atoms with van der Waals surface area (Å²) in [6.45, 7) is 3.16. The zero-order valence-electron chi connectivity index (χ0n) is 10.3. The number of hydrogen-bond donors (Lipinski definition) is 1. The first-order chi connectivity index (χ1) is 8.00. The van der Waals surface area contributed by atoms with E-state index in [1.165, 1.54) is 0 Å². The fourth-order valence-electron chi connectivity index (χ4n) is 2.13. The zero-order valence-corrected chi connectivity index (χ0v) is 10.3. The summed E-state index contributed by atoms with van der Waals surface area (Å²) in [6.07, 6.45) is 0.434. The van der Waals surface area contributed by atoms with Crippen LogP contribution in [0.4, 0.5) is 0 Å². The SMILES string of the molecule is COc1ccc(CN2CC(C)(N)CC2=O)cc1. The Balaban J connectivity index is 2.03. The van der Waals surface area contributed by atoms with E-state index in [1.54, 1.807) is 7.11 Å². The number of rotatable bonds is 3. The van der Waals surface area contributed by atoms with Gasteiger partial charge in [-0.3, -0.25) is 4.79 Å². The standard InChI is InChI=1S/C13H18N2O2/c1-13(14)7-12(16)15(9-13)8-10-3-5-11(17-2)6-4-10/h3-6H,7-9,14H2,1-2H3. The van der Waals surface area contributed by atoms with E-state index >= 15 is 0 Å². The van der Waals surface area contributed by atoms with Crippen LogP contribution in [0, 0.1) is 0 Å². The maximum absolute atomic E-state index is 11.7. The third-order valence-corrected chi connectivity index (χ3v) is 2.99. The van der Waals surface area contributed by atoms with Crippen molar-refractivity contribution in [1.82, 2.24) is 4.90 Å². The highest BCUT2D eigenvalue weighted by Gasteiger charge is 2.35. The molecule has 0 spiro atoms. The number of nitrogens with zero attached hydrogens (tertiary/aromatic N) is 1. The van der Waals surface area contributed by atoms with E-state index in [1.807, 2.05) is 36.1 Å². The fraction of sp³-hybridized carbons (Fsp3) is 0.462. The molecule has 0 saturated carbocycles. The summed E-state index contributed by atoms with van der Waals surface area (Å²) >= 11 is 0. The number of carbonyl (C=O) groups excluding carboxylic acids is 1. The maximum atomic E-state index is 11.7. The number of benzene rings is 1. The first-order valence-corrected chi connectivity index (χ1v) is 5.70. The second-order valence-corrected chi connectivity index (χ2v) is 4.93. The second-order valence-electron chi connectivity index (χ2n) is 4.93. The molecule has 0 aromatic heterocycles. The lowest BCUT2D eigenvalue weighted by Gasteiger charge is -2.19. The summed E-state index contributed by atoms with van der Waals surface area (Å²) < 4.78 is 5.09. The summed E-state index contributed by atoms with van der Waals surface area (Å²) in [7, 11) is 1.64. The first kappa shape index (κ1) is 11.9. The molecule has 2 N–H and O–H groups in total. The fourth-order valence-corrected chi connectivity index (χ4v) is 2.13. The smallest absolute Gasteiger partial charge is 0.224 e. The number of likely N-dealkylation sites (tertiary alicyclic amines) is 1. The average molecular weight is 234 g/mol. The number of amides is 1. The van der Waals surface area contributed by atoms with Crippen molar-refractivity contribution in [3.8, 4) is 5.75 Å². The number of hydrogen-bond acceptors (Lipinski definition) is 3. The van der Waals surface area contributed by atoms with Gasteiger partial charge >= 0.3 is 0 Å². The molecular weight excluding hydrogens is 216 g/mol. The number of methoxy groups -OCH3 is 1. The van der Waals surface area contributed by atoms with E-state index in [2.05, 4.69) is 0 Å². The summed E-state index contributed by atoms with van der Waals surface area (Å²) in [5, 5.41) is 0. The summed E-state index contributed by atoms with van der Waals surface area (Å²) in [5.74, 6) is 0.955. The highest BCUT2D eigenvalue weighted by Crippen LogP contribution is 2.22. The lowest BCUT2D eigenvalue weighted by molar-refractivity contribution is -0.128. The summed E-state index contributed by atoms with van der Waals surface area (Å²) in [5.41, 5.74) is 6.68. The van der Waals surface area contributed by atoms with E-state index in [9.17, 15) is 4.79 Å². The Morgan fingerprint density at radius 2 is 2.06 bits per heavy atom. The summed E-state index contributed by atoms with van der Waals surface area (Å²) in [4.78, 5) is 13.5. The first-order valence-electron chi connectivity index (χ1n) is 5.70. The van der Waals surface area contributed by atoms with Crippen LogP contribution in [0.2, 0.25) is 0 Å². The Hall–Kier alpha value is -1.55. The molecule has 0 aliphatic carbocycles. The molecule has 4 nitrogen and oxygen atoms in total. The third kappa shape index (κ3) is 2.77. The van der Waals surface area contributed by atoms with Crippen LogP contribution in [0.3, 0.4) is 0 Å². The van der Waals surface area contributed by atoms with Crippen molar-refractivity contribution in [2.24, 2.45) is 5.73 Å². The molecule has 1 fully saturated rings. The number of nitrogens with two attached hydrogens (primary N) is 1. The molecule has 1 amide bonds. The molecule has 92 valence electrons. The van der Waals surface area contributed by atoms with Gasteiger partial charge in [0.1, 0.15) is 5.75 Å². The summed E-state index contributed by atoms with van der Waals surface area (Å²) in [6, 6.07) is 7.74. The van der Waals surface area contributed by atoms with Gasteiger partial charge in [-0.05, 0) is 24.6 Å². The van der Waals surface area contributed by atoms with Crippen LogP contribution >= 0.6 is 0 Å². The molecule has 17 heavy (non-hydrogen) atoms. The van der Waals surface area contributed by atoms with Crippen molar-refractivity contribution >= 4 is 5.91 Å². The average Bonchev–Trinajstić information content (AvgIpc) is 2.53. The third-order valence-electron chi connectivity index (χ3n) is 2.99. The number of ether oxygens (including phenoxy) is 1. The molecule has 1 saturated heterocycles. The van der Waals surface area contributed by atoms with Crippen molar-refractivity contribution in [3.63, 3.8) is 0 Å². The highest BCUT2D eigenvalue weighted by molar-refractivity contribution is 5.80. The van der Waals surface area contributed by atoms with E-state index in [4.69, 9.17) is 10.5 Å². The van der Waals surface area contributed by atoms with Crippen LogP contribution < -0.4 is 10.5 Å². The van der Waals surface area contributed by atoms with Crippen LogP contribution in [0.25, 0.3) is 0 Å². The topological polar surface area (TPSA) is 55.6 Å². The Bertz CT molecular complexity index is 412. The van der Waals surface area contributed by atoms with Crippen LogP contribution in [0.5, 0.6) is 5.75 Å². The minimum absolute atomic E-state index is 0.130.